The molecule has 1 N–H and O–H groups in total. The van der Waals surface area contributed by atoms with E-state index in [0.717, 1.165) is 25.7 Å². The quantitative estimate of drug-likeness (QED) is 0.762. The number of rotatable bonds is 4. The Labute approximate surface area is 169 Å². The number of sulfonamides is 1. The summed E-state index contributed by atoms with van der Waals surface area (Å²) >= 11 is 12.0. The van der Waals surface area contributed by atoms with E-state index in [1.54, 1.807) is 4.90 Å². The maximum absolute atomic E-state index is 12.8. The zero-order chi connectivity index (χ0) is 19.4. The molecule has 0 saturated carbocycles. The molecule has 1 fully saturated rings. The summed E-state index contributed by atoms with van der Waals surface area (Å²) in [6, 6.07) is 10.4. The predicted octanol–water partition coefficient (Wildman–Crippen LogP) is 4.81. The summed E-state index contributed by atoms with van der Waals surface area (Å²) in [5.41, 5.74) is 0.586. The summed E-state index contributed by atoms with van der Waals surface area (Å²) in [6.07, 6.45) is 4.15. The average molecular weight is 427 g/mol. The van der Waals surface area contributed by atoms with Gasteiger partial charge in [-0.05, 0) is 55.3 Å². The first-order valence-corrected chi connectivity index (χ1v) is 11.0. The van der Waals surface area contributed by atoms with Gasteiger partial charge in [0.15, 0.2) is 0 Å². The Hall–Kier alpha value is -1.76. The highest BCUT2D eigenvalue weighted by Gasteiger charge is 2.21. The van der Waals surface area contributed by atoms with Crippen LogP contribution in [0.1, 0.15) is 36.0 Å². The molecule has 27 heavy (non-hydrogen) atoms. The number of likely N-dealkylation sites (tertiary alicyclic amines) is 1. The van der Waals surface area contributed by atoms with Crippen LogP contribution < -0.4 is 4.72 Å². The van der Waals surface area contributed by atoms with Crippen molar-refractivity contribution in [2.45, 2.75) is 30.6 Å². The zero-order valence-corrected chi connectivity index (χ0v) is 16.9. The van der Waals surface area contributed by atoms with Crippen LogP contribution in [0.2, 0.25) is 10.0 Å². The van der Waals surface area contributed by atoms with E-state index in [2.05, 4.69) is 4.72 Å². The summed E-state index contributed by atoms with van der Waals surface area (Å²) in [4.78, 5) is 14.7. The molecule has 2 aromatic carbocycles. The van der Waals surface area contributed by atoms with Gasteiger partial charge in [0.2, 0.25) is 0 Å². The van der Waals surface area contributed by atoms with Gasteiger partial charge in [-0.2, -0.15) is 0 Å². The monoisotopic (exact) mass is 426 g/mol. The molecule has 5 nitrogen and oxygen atoms in total. The second kappa shape index (κ2) is 8.50. The van der Waals surface area contributed by atoms with Crippen molar-refractivity contribution in [2.75, 3.05) is 17.8 Å². The minimum atomic E-state index is -3.79. The van der Waals surface area contributed by atoms with Crippen LogP contribution in [0.25, 0.3) is 0 Å². The summed E-state index contributed by atoms with van der Waals surface area (Å²) in [6.45, 7) is 1.38. The van der Waals surface area contributed by atoms with Gasteiger partial charge < -0.3 is 4.90 Å². The fourth-order valence-electron chi connectivity index (χ4n) is 3.02. The van der Waals surface area contributed by atoms with E-state index in [9.17, 15) is 13.2 Å². The molecule has 0 aliphatic carbocycles. The Morgan fingerprint density at radius 3 is 2.19 bits per heavy atom. The lowest BCUT2D eigenvalue weighted by Crippen LogP contribution is -2.32. The number of carbonyl (C=O) groups is 1. The first-order valence-electron chi connectivity index (χ1n) is 8.74. The number of hydrogen-bond donors (Lipinski definition) is 1. The molecule has 3 rings (SSSR count). The van der Waals surface area contributed by atoms with Crippen LogP contribution in [0.15, 0.2) is 47.4 Å². The van der Waals surface area contributed by atoms with Gasteiger partial charge in [-0.25, -0.2) is 8.42 Å². The molecule has 1 saturated heterocycles. The molecule has 0 radical (unpaired) electrons. The highest BCUT2D eigenvalue weighted by Crippen LogP contribution is 2.25. The molecule has 0 atom stereocenters. The number of hydrogen-bond acceptors (Lipinski definition) is 3. The van der Waals surface area contributed by atoms with E-state index in [1.807, 2.05) is 0 Å². The first kappa shape index (κ1) is 20.0. The van der Waals surface area contributed by atoms with E-state index >= 15 is 0 Å². The molecule has 0 bridgehead atoms. The van der Waals surface area contributed by atoms with Crippen LogP contribution in [-0.2, 0) is 10.0 Å². The standard InChI is InChI=1S/C19H20Cl2N2O3S/c20-14-5-8-16(9-6-14)27(25,26)22-15-7-10-18(21)17(13-15)19(24)23-11-3-1-2-4-12-23/h5-10,13,22H,1-4,11-12H2. The maximum atomic E-state index is 12.8. The van der Waals surface area contributed by atoms with Gasteiger partial charge in [0.05, 0.1) is 15.5 Å². The molecule has 1 heterocycles. The summed E-state index contributed by atoms with van der Waals surface area (Å²) < 4.78 is 27.6. The molecule has 1 aliphatic heterocycles. The van der Waals surface area contributed by atoms with E-state index in [0.29, 0.717) is 28.7 Å². The molecule has 144 valence electrons. The van der Waals surface area contributed by atoms with Crippen molar-refractivity contribution < 1.29 is 13.2 Å². The average Bonchev–Trinajstić information content (AvgIpc) is 2.92. The Morgan fingerprint density at radius 2 is 1.56 bits per heavy atom. The number of amides is 1. The van der Waals surface area contributed by atoms with Crippen LogP contribution in [0, 0.1) is 0 Å². The second-order valence-electron chi connectivity index (χ2n) is 6.46. The molecular weight excluding hydrogens is 407 g/mol. The molecule has 0 unspecified atom stereocenters. The smallest absolute Gasteiger partial charge is 0.261 e. The van der Waals surface area contributed by atoms with Crippen LogP contribution in [0.3, 0.4) is 0 Å². The molecule has 0 spiro atoms. The SMILES string of the molecule is O=C(c1cc(NS(=O)(=O)c2ccc(Cl)cc2)ccc1Cl)N1CCCCCC1. The van der Waals surface area contributed by atoms with E-state index in [4.69, 9.17) is 23.2 Å². The summed E-state index contributed by atoms with van der Waals surface area (Å²) in [7, 11) is -3.79. The Kier molecular flexibility index (Phi) is 6.29. The lowest BCUT2D eigenvalue weighted by atomic mass is 10.1. The van der Waals surface area contributed by atoms with Gasteiger partial charge in [0.25, 0.3) is 15.9 Å². The largest absolute Gasteiger partial charge is 0.339 e. The number of carbonyl (C=O) groups excluding carboxylic acids is 1. The number of benzene rings is 2. The van der Waals surface area contributed by atoms with Crippen LogP contribution >= 0.6 is 23.2 Å². The third-order valence-electron chi connectivity index (χ3n) is 4.47. The van der Waals surface area contributed by atoms with Gasteiger partial charge in [0, 0.05) is 23.8 Å². The summed E-state index contributed by atoms with van der Waals surface area (Å²) in [5, 5.41) is 0.754. The Morgan fingerprint density at radius 1 is 0.926 bits per heavy atom. The van der Waals surface area contributed by atoms with Gasteiger partial charge in [-0.3, -0.25) is 9.52 Å². The topological polar surface area (TPSA) is 66.5 Å². The number of nitrogens with zero attached hydrogens (tertiary/aromatic N) is 1. The number of anilines is 1. The maximum Gasteiger partial charge on any atom is 0.261 e. The molecule has 2 aromatic rings. The normalized spacial score (nSPS) is 15.3. The van der Waals surface area contributed by atoms with E-state index in [1.165, 1.54) is 42.5 Å². The first-order chi connectivity index (χ1) is 12.9. The number of halogens is 2. The van der Waals surface area contributed by atoms with Crippen molar-refractivity contribution in [1.82, 2.24) is 4.90 Å². The predicted molar refractivity (Wildman–Crippen MR) is 108 cm³/mol. The minimum absolute atomic E-state index is 0.0854. The van der Waals surface area contributed by atoms with Crippen LogP contribution in [-0.4, -0.2) is 32.3 Å². The Balaban J connectivity index is 1.84. The van der Waals surface area contributed by atoms with Crippen molar-refractivity contribution in [2.24, 2.45) is 0 Å². The summed E-state index contributed by atoms with van der Waals surface area (Å²) in [5.74, 6) is -0.172. The van der Waals surface area contributed by atoms with Gasteiger partial charge in [-0.15, -0.1) is 0 Å². The van der Waals surface area contributed by atoms with Crippen molar-refractivity contribution in [1.29, 1.82) is 0 Å². The Bertz CT molecular complexity index is 922. The van der Waals surface area contributed by atoms with Crippen molar-refractivity contribution >= 4 is 44.8 Å². The molecule has 1 amide bonds. The lowest BCUT2D eigenvalue weighted by molar-refractivity contribution is 0.0762. The van der Waals surface area contributed by atoms with Crippen molar-refractivity contribution in [3.05, 3.63) is 58.1 Å². The fraction of sp³-hybridized carbons (Fsp3) is 0.316. The lowest BCUT2D eigenvalue weighted by Gasteiger charge is -2.21. The number of nitrogens with one attached hydrogen (secondary N) is 1. The third kappa shape index (κ3) is 4.94. The van der Waals surface area contributed by atoms with E-state index < -0.39 is 10.0 Å². The van der Waals surface area contributed by atoms with E-state index in [-0.39, 0.29) is 16.5 Å². The molecule has 8 heteroatoms. The molecule has 0 aromatic heterocycles. The minimum Gasteiger partial charge on any atom is -0.339 e. The van der Waals surface area contributed by atoms with Gasteiger partial charge >= 0.3 is 0 Å². The van der Waals surface area contributed by atoms with Gasteiger partial charge in [-0.1, -0.05) is 36.0 Å². The second-order valence-corrected chi connectivity index (χ2v) is 8.99. The molecular formula is C19H20Cl2N2O3S. The zero-order valence-electron chi connectivity index (χ0n) is 14.6. The van der Waals surface area contributed by atoms with Crippen LogP contribution in [0.5, 0.6) is 0 Å². The fourth-order valence-corrected chi connectivity index (χ4v) is 4.40. The molecule has 1 aliphatic rings. The highest BCUT2D eigenvalue weighted by molar-refractivity contribution is 7.92. The van der Waals surface area contributed by atoms with Crippen LogP contribution in [0.4, 0.5) is 5.69 Å². The third-order valence-corrected chi connectivity index (χ3v) is 6.44. The van der Waals surface area contributed by atoms with Crippen molar-refractivity contribution in [3.8, 4) is 0 Å². The highest BCUT2D eigenvalue weighted by atomic mass is 35.5. The van der Waals surface area contributed by atoms with Crippen molar-refractivity contribution in [3.63, 3.8) is 0 Å². The van der Waals surface area contributed by atoms with Gasteiger partial charge in [0.1, 0.15) is 0 Å².